The highest BCUT2D eigenvalue weighted by Crippen LogP contribution is 2.33. The number of amides is 2. The Balaban J connectivity index is 1.46. The summed E-state index contributed by atoms with van der Waals surface area (Å²) in [6.07, 6.45) is 6.45. The number of hydrogen-bond acceptors (Lipinski definition) is 5. The topological polar surface area (TPSA) is 118 Å². The van der Waals surface area contributed by atoms with Crippen LogP contribution in [0.4, 0.5) is 0 Å². The monoisotopic (exact) mass is 421 g/mol. The lowest BCUT2D eigenvalue weighted by Gasteiger charge is -2.36. The van der Waals surface area contributed by atoms with E-state index in [9.17, 15) is 14.7 Å². The number of primary amides is 1. The Kier molecular flexibility index (Phi) is 5.54. The molecule has 1 fully saturated rings. The van der Waals surface area contributed by atoms with Crippen molar-refractivity contribution < 1.29 is 19.1 Å². The molecule has 0 saturated heterocycles. The van der Waals surface area contributed by atoms with Gasteiger partial charge in [-0.1, -0.05) is 12.1 Å². The SMILES string of the molecule is CC(C)(O)C1CCC(NC(=O)c2ccc(-c3ncc(C(N)=O)c4occc34)cc2)CC1. The van der Waals surface area contributed by atoms with Gasteiger partial charge in [-0.2, -0.15) is 0 Å². The van der Waals surface area contributed by atoms with E-state index in [1.807, 2.05) is 26.0 Å². The fraction of sp³-hybridized carbons (Fsp3) is 0.375. The van der Waals surface area contributed by atoms with E-state index in [-0.39, 0.29) is 23.4 Å². The molecule has 0 spiro atoms. The van der Waals surface area contributed by atoms with Crippen molar-refractivity contribution in [1.82, 2.24) is 10.3 Å². The van der Waals surface area contributed by atoms with Crippen molar-refractivity contribution >= 4 is 22.8 Å². The zero-order valence-corrected chi connectivity index (χ0v) is 17.7. The van der Waals surface area contributed by atoms with Gasteiger partial charge >= 0.3 is 0 Å². The highest BCUT2D eigenvalue weighted by molar-refractivity contribution is 6.07. The average molecular weight is 421 g/mol. The van der Waals surface area contributed by atoms with Crippen LogP contribution in [0.15, 0.2) is 47.2 Å². The number of nitrogens with two attached hydrogens (primary N) is 1. The molecule has 4 rings (SSSR count). The molecule has 7 nitrogen and oxygen atoms in total. The van der Waals surface area contributed by atoms with Crippen LogP contribution in [-0.4, -0.2) is 33.5 Å². The van der Waals surface area contributed by atoms with Crippen molar-refractivity contribution in [2.75, 3.05) is 0 Å². The molecule has 2 amide bonds. The number of benzene rings is 1. The lowest BCUT2D eigenvalue weighted by molar-refractivity contribution is -0.00258. The molecule has 3 aromatic rings. The van der Waals surface area contributed by atoms with Crippen LogP contribution in [0.2, 0.25) is 0 Å². The Labute approximate surface area is 180 Å². The van der Waals surface area contributed by atoms with E-state index < -0.39 is 11.5 Å². The third kappa shape index (κ3) is 4.32. The van der Waals surface area contributed by atoms with Gasteiger partial charge in [0, 0.05) is 28.8 Å². The predicted molar refractivity (Wildman–Crippen MR) is 117 cm³/mol. The summed E-state index contributed by atoms with van der Waals surface area (Å²) in [6.45, 7) is 3.71. The Morgan fingerprint density at radius 2 is 1.81 bits per heavy atom. The van der Waals surface area contributed by atoms with Crippen molar-refractivity contribution in [3.63, 3.8) is 0 Å². The number of furan rings is 1. The Morgan fingerprint density at radius 3 is 2.42 bits per heavy atom. The summed E-state index contributed by atoms with van der Waals surface area (Å²) in [4.78, 5) is 28.6. The third-order valence-electron chi connectivity index (χ3n) is 6.24. The van der Waals surface area contributed by atoms with E-state index in [1.54, 1.807) is 18.2 Å². The van der Waals surface area contributed by atoms with Crippen molar-refractivity contribution in [2.45, 2.75) is 51.2 Å². The van der Waals surface area contributed by atoms with Gasteiger partial charge in [0.2, 0.25) is 0 Å². The van der Waals surface area contributed by atoms with Gasteiger partial charge < -0.3 is 20.6 Å². The lowest BCUT2D eigenvalue weighted by Crippen LogP contribution is -2.41. The smallest absolute Gasteiger partial charge is 0.254 e. The van der Waals surface area contributed by atoms with Crippen LogP contribution in [0.3, 0.4) is 0 Å². The maximum Gasteiger partial charge on any atom is 0.254 e. The molecule has 0 atom stereocenters. The van der Waals surface area contributed by atoms with Crippen molar-refractivity contribution in [1.29, 1.82) is 0 Å². The third-order valence-corrected chi connectivity index (χ3v) is 6.24. The minimum Gasteiger partial charge on any atom is -0.463 e. The van der Waals surface area contributed by atoms with E-state index in [0.717, 1.165) is 31.2 Å². The molecule has 0 bridgehead atoms. The van der Waals surface area contributed by atoms with E-state index >= 15 is 0 Å². The average Bonchev–Trinajstić information content (AvgIpc) is 3.22. The predicted octanol–water partition coefficient (Wildman–Crippen LogP) is 3.65. The molecule has 162 valence electrons. The highest BCUT2D eigenvalue weighted by atomic mass is 16.3. The molecule has 2 aromatic heterocycles. The molecule has 1 aromatic carbocycles. The lowest BCUT2D eigenvalue weighted by atomic mass is 9.77. The molecule has 1 aliphatic carbocycles. The van der Waals surface area contributed by atoms with Crippen LogP contribution in [0.5, 0.6) is 0 Å². The van der Waals surface area contributed by atoms with Crippen molar-refractivity contribution in [3.05, 3.63) is 53.9 Å². The molecule has 1 saturated carbocycles. The molecule has 0 aliphatic heterocycles. The summed E-state index contributed by atoms with van der Waals surface area (Å²) in [5.41, 5.74) is 7.40. The number of carbonyl (C=O) groups excluding carboxylic acids is 2. The van der Waals surface area contributed by atoms with Gasteiger partial charge in [0.15, 0.2) is 0 Å². The molecule has 0 radical (unpaired) electrons. The first-order valence-corrected chi connectivity index (χ1v) is 10.5. The standard InChI is InChI=1S/C24H27N3O4/c1-24(2,30)16-7-9-17(10-8-16)27-23(29)15-5-3-14(4-6-15)20-18-11-12-31-21(18)19(13-26-20)22(25)28/h3-6,11-13,16-17,30H,7-10H2,1-2H3,(H2,25,28)(H,27,29). The van der Waals surface area contributed by atoms with Crippen molar-refractivity contribution in [2.24, 2.45) is 11.7 Å². The van der Waals surface area contributed by atoms with Gasteiger partial charge in [-0.3, -0.25) is 14.6 Å². The van der Waals surface area contributed by atoms with E-state index in [4.69, 9.17) is 10.2 Å². The Hall–Kier alpha value is -3.19. The first-order chi connectivity index (χ1) is 14.7. The molecule has 2 heterocycles. The first kappa shape index (κ1) is 21.1. The molecule has 7 heteroatoms. The molecule has 1 aliphatic rings. The van der Waals surface area contributed by atoms with Gasteiger partial charge in [0.1, 0.15) is 11.1 Å². The maximum atomic E-state index is 12.7. The van der Waals surface area contributed by atoms with E-state index in [0.29, 0.717) is 22.2 Å². The summed E-state index contributed by atoms with van der Waals surface area (Å²) in [6, 6.07) is 9.07. The van der Waals surface area contributed by atoms with E-state index in [1.165, 1.54) is 12.5 Å². The normalized spacial score (nSPS) is 19.3. The number of rotatable bonds is 5. The van der Waals surface area contributed by atoms with Gasteiger partial charge in [0.05, 0.1) is 17.6 Å². The summed E-state index contributed by atoms with van der Waals surface area (Å²) in [5, 5.41) is 14.0. The first-order valence-electron chi connectivity index (χ1n) is 10.5. The van der Waals surface area contributed by atoms with Crippen molar-refractivity contribution in [3.8, 4) is 11.3 Å². The second-order valence-corrected chi connectivity index (χ2v) is 8.80. The van der Waals surface area contributed by atoms with E-state index in [2.05, 4.69) is 10.3 Å². The van der Waals surface area contributed by atoms with Crippen LogP contribution < -0.4 is 11.1 Å². The van der Waals surface area contributed by atoms with Crippen LogP contribution >= 0.6 is 0 Å². The molecular weight excluding hydrogens is 394 g/mol. The van der Waals surface area contributed by atoms with Gasteiger partial charge in [0.25, 0.3) is 11.8 Å². The fourth-order valence-corrected chi connectivity index (χ4v) is 4.36. The zero-order chi connectivity index (χ0) is 22.2. The number of fused-ring (bicyclic) bond motifs is 1. The number of aromatic nitrogens is 1. The molecule has 31 heavy (non-hydrogen) atoms. The Morgan fingerprint density at radius 1 is 1.13 bits per heavy atom. The summed E-state index contributed by atoms with van der Waals surface area (Å²) in [7, 11) is 0. The van der Waals surface area contributed by atoms with Crippen LogP contribution in [0, 0.1) is 5.92 Å². The van der Waals surface area contributed by atoms with Crippen LogP contribution in [0.1, 0.15) is 60.2 Å². The largest absolute Gasteiger partial charge is 0.463 e. The second kappa shape index (κ2) is 8.15. The Bertz CT molecular complexity index is 1100. The molecular formula is C24H27N3O4. The number of pyridine rings is 1. The van der Waals surface area contributed by atoms with Gasteiger partial charge in [-0.25, -0.2) is 0 Å². The summed E-state index contributed by atoms with van der Waals surface area (Å²) in [5.74, 6) is -0.431. The summed E-state index contributed by atoms with van der Waals surface area (Å²) >= 11 is 0. The number of nitrogens with zero attached hydrogens (tertiary/aromatic N) is 1. The van der Waals surface area contributed by atoms with Crippen LogP contribution in [0.25, 0.3) is 22.2 Å². The fourth-order valence-electron chi connectivity index (χ4n) is 4.36. The highest BCUT2D eigenvalue weighted by Gasteiger charge is 2.31. The maximum absolute atomic E-state index is 12.7. The molecule has 0 unspecified atom stereocenters. The second-order valence-electron chi connectivity index (χ2n) is 8.80. The minimum atomic E-state index is -0.672. The quantitative estimate of drug-likeness (QED) is 0.581. The number of carbonyl (C=O) groups is 2. The van der Waals surface area contributed by atoms with Gasteiger partial charge in [-0.05, 0) is 63.6 Å². The van der Waals surface area contributed by atoms with Crippen LogP contribution in [-0.2, 0) is 0 Å². The summed E-state index contributed by atoms with van der Waals surface area (Å²) < 4.78 is 5.43. The number of nitrogens with one attached hydrogen (secondary N) is 1. The molecule has 4 N–H and O–H groups in total. The number of aliphatic hydroxyl groups is 1. The van der Waals surface area contributed by atoms with Gasteiger partial charge in [-0.15, -0.1) is 0 Å². The number of hydrogen-bond donors (Lipinski definition) is 3. The minimum absolute atomic E-state index is 0.108. The zero-order valence-electron chi connectivity index (χ0n) is 17.7.